The Morgan fingerprint density at radius 1 is 1.35 bits per heavy atom. The number of alkyl carbamates (subject to hydrolysis) is 1. The lowest BCUT2D eigenvalue weighted by Gasteiger charge is -2.25. The van der Waals surface area contributed by atoms with Crippen molar-refractivity contribution in [1.29, 1.82) is 0 Å². The third-order valence-electron chi connectivity index (χ3n) is 3.84. The van der Waals surface area contributed by atoms with Gasteiger partial charge in [0, 0.05) is 24.2 Å². The molecule has 1 saturated carbocycles. The highest BCUT2D eigenvalue weighted by molar-refractivity contribution is 9.10. The summed E-state index contributed by atoms with van der Waals surface area (Å²) in [4.78, 5) is 11.9. The molecule has 3 N–H and O–H groups in total. The van der Waals surface area contributed by atoms with Gasteiger partial charge in [0.25, 0.3) is 0 Å². The fourth-order valence-corrected chi connectivity index (χ4v) is 3.19. The molecule has 0 saturated heterocycles. The van der Waals surface area contributed by atoms with Crippen LogP contribution in [0.5, 0.6) is 5.75 Å². The summed E-state index contributed by atoms with van der Waals surface area (Å²) < 4.78 is 6.01. The molecule has 2 atom stereocenters. The van der Waals surface area contributed by atoms with Crippen molar-refractivity contribution in [2.24, 2.45) is 0 Å². The van der Waals surface area contributed by atoms with Gasteiger partial charge in [0.15, 0.2) is 0 Å². The first-order valence-electron chi connectivity index (χ1n) is 7.95. The number of benzene rings is 1. The number of amides is 1. The minimum atomic E-state index is -0.492. The van der Waals surface area contributed by atoms with Crippen LogP contribution in [0.3, 0.4) is 0 Å². The molecule has 0 aliphatic heterocycles. The maximum Gasteiger partial charge on any atom is 0.407 e. The Bertz CT molecular complexity index is 557. The summed E-state index contributed by atoms with van der Waals surface area (Å²) in [7, 11) is 0. The van der Waals surface area contributed by atoms with E-state index in [0.29, 0.717) is 11.0 Å². The lowest BCUT2D eigenvalue weighted by Crippen LogP contribution is -2.47. The Morgan fingerprint density at radius 2 is 2.04 bits per heavy atom. The number of carbonyl (C=O) groups excluding carboxylic acids is 1. The number of rotatable bonds is 4. The molecular formula is C17H25BrN2O3. The Kier molecular flexibility index (Phi) is 5.92. The van der Waals surface area contributed by atoms with Crippen molar-refractivity contribution >= 4 is 22.0 Å². The summed E-state index contributed by atoms with van der Waals surface area (Å²) in [5, 5.41) is 16.4. The van der Waals surface area contributed by atoms with E-state index >= 15 is 0 Å². The van der Waals surface area contributed by atoms with Gasteiger partial charge in [0.05, 0.1) is 4.47 Å². The van der Waals surface area contributed by atoms with Crippen molar-refractivity contribution in [3.63, 3.8) is 0 Å². The van der Waals surface area contributed by atoms with E-state index in [1.54, 1.807) is 6.07 Å². The van der Waals surface area contributed by atoms with Gasteiger partial charge in [-0.25, -0.2) is 4.79 Å². The normalized spacial score (nSPS) is 21.2. The van der Waals surface area contributed by atoms with Crippen molar-refractivity contribution in [3.8, 4) is 5.75 Å². The first-order valence-corrected chi connectivity index (χ1v) is 8.75. The largest absolute Gasteiger partial charge is 0.506 e. The highest BCUT2D eigenvalue weighted by Crippen LogP contribution is 2.28. The van der Waals surface area contributed by atoms with Crippen LogP contribution in [-0.2, 0) is 11.3 Å². The van der Waals surface area contributed by atoms with Crippen LogP contribution in [0.25, 0.3) is 0 Å². The number of carbonyl (C=O) groups is 1. The van der Waals surface area contributed by atoms with E-state index in [4.69, 9.17) is 4.74 Å². The molecular weight excluding hydrogens is 360 g/mol. The van der Waals surface area contributed by atoms with Crippen LogP contribution in [0.4, 0.5) is 4.79 Å². The van der Waals surface area contributed by atoms with E-state index in [1.165, 1.54) is 0 Å². The van der Waals surface area contributed by atoms with Gasteiger partial charge in [-0.1, -0.05) is 12.1 Å². The molecule has 0 spiro atoms. The Hall–Kier alpha value is -1.27. The van der Waals surface area contributed by atoms with Crippen LogP contribution in [0.2, 0.25) is 0 Å². The van der Waals surface area contributed by atoms with Crippen LogP contribution < -0.4 is 10.6 Å². The summed E-state index contributed by atoms with van der Waals surface area (Å²) in [5.74, 6) is 0.259. The molecule has 23 heavy (non-hydrogen) atoms. The smallest absolute Gasteiger partial charge is 0.407 e. The molecule has 1 aliphatic carbocycles. The Labute approximate surface area is 145 Å². The predicted octanol–water partition coefficient (Wildman–Crippen LogP) is 3.69. The van der Waals surface area contributed by atoms with Gasteiger partial charge in [-0.05, 0) is 62.0 Å². The average molecular weight is 385 g/mol. The number of ether oxygens (including phenoxy) is 1. The lowest BCUT2D eigenvalue weighted by molar-refractivity contribution is 0.0498. The topological polar surface area (TPSA) is 70.6 Å². The van der Waals surface area contributed by atoms with Gasteiger partial charge < -0.3 is 20.5 Å². The van der Waals surface area contributed by atoms with Crippen LogP contribution in [0.1, 0.15) is 45.6 Å². The van der Waals surface area contributed by atoms with E-state index in [0.717, 1.165) is 24.8 Å². The number of nitrogens with one attached hydrogen (secondary N) is 2. The van der Waals surface area contributed by atoms with E-state index in [-0.39, 0.29) is 23.9 Å². The highest BCUT2D eigenvalue weighted by atomic mass is 79.9. The second-order valence-electron chi connectivity index (χ2n) is 6.92. The predicted molar refractivity (Wildman–Crippen MR) is 93.4 cm³/mol. The molecule has 128 valence electrons. The molecule has 1 aromatic carbocycles. The minimum Gasteiger partial charge on any atom is -0.506 e. The lowest BCUT2D eigenvalue weighted by atomic mass is 10.1. The summed E-state index contributed by atoms with van der Waals surface area (Å²) in [6, 6.07) is 5.82. The molecule has 0 aromatic heterocycles. The summed E-state index contributed by atoms with van der Waals surface area (Å²) in [6.45, 7) is 6.12. The fourth-order valence-electron chi connectivity index (χ4n) is 2.78. The van der Waals surface area contributed by atoms with Crippen molar-refractivity contribution in [3.05, 3.63) is 28.2 Å². The zero-order valence-corrected chi connectivity index (χ0v) is 15.4. The van der Waals surface area contributed by atoms with E-state index in [1.807, 2.05) is 32.9 Å². The molecule has 0 radical (unpaired) electrons. The fraction of sp³-hybridized carbons (Fsp3) is 0.588. The van der Waals surface area contributed by atoms with Gasteiger partial charge in [0.2, 0.25) is 0 Å². The molecule has 0 bridgehead atoms. The molecule has 2 unspecified atom stereocenters. The molecule has 1 aliphatic rings. The molecule has 6 heteroatoms. The number of phenolic OH excluding ortho intramolecular Hbond substituents is 1. The molecule has 1 amide bonds. The van der Waals surface area contributed by atoms with Crippen LogP contribution in [-0.4, -0.2) is 28.9 Å². The number of hydrogen-bond donors (Lipinski definition) is 3. The molecule has 5 nitrogen and oxygen atoms in total. The maximum atomic E-state index is 11.9. The summed E-state index contributed by atoms with van der Waals surface area (Å²) >= 11 is 3.32. The summed E-state index contributed by atoms with van der Waals surface area (Å²) in [6.07, 6.45) is 2.61. The van der Waals surface area contributed by atoms with E-state index in [9.17, 15) is 9.90 Å². The molecule has 1 fully saturated rings. The molecule has 2 rings (SSSR count). The third-order valence-corrected chi connectivity index (χ3v) is 4.48. The molecule has 0 heterocycles. The zero-order valence-electron chi connectivity index (χ0n) is 13.9. The first kappa shape index (κ1) is 18.1. The minimum absolute atomic E-state index is 0.0548. The van der Waals surface area contributed by atoms with Gasteiger partial charge in [-0.15, -0.1) is 0 Å². The highest BCUT2D eigenvalue weighted by Gasteiger charge is 2.29. The number of para-hydroxylation sites is 1. The maximum absolute atomic E-state index is 11.9. The number of phenols is 1. The molecule has 1 aromatic rings. The second kappa shape index (κ2) is 7.53. The van der Waals surface area contributed by atoms with E-state index in [2.05, 4.69) is 26.6 Å². The number of aromatic hydroxyl groups is 1. The van der Waals surface area contributed by atoms with Crippen molar-refractivity contribution in [2.75, 3.05) is 0 Å². The second-order valence-corrected chi connectivity index (χ2v) is 7.77. The third kappa shape index (κ3) is 5.39. The van der Waals surface area contributed by atoms with Gasteiger partial charge in [0.1, 0.15) is 11.4 Å². The monoisotopic (exact) mass is 384 g/mol. The van der Waals surface area contributed by atoms with Crippen molar-refractivity contribution in [1.82, 2.24) is 10.6 Å². The van der Waals surface area contributed by atoms with E-state index < -0.39 is 5.60 Å². The zero-order chi connectivity index (χ0) is 17.0. The average Bonchev–Trinajstić information content (AvgIpc) is 2.85. The Balaban J connectivity index is 1.89. The van der Waals surface area contributed by atoms with Crippen LogP contribution >= 0.6 is 15.9 Å². The number of hydrogen-bond acceptors (Lipinski definition) is 4. The Morgan fingerprint density at radius 3 is 2.74 bits per heavy atom. The van der Waals surface area contributed by atoms with Crippen LogP contribution in [0, 0.1) is 0 Å². The van der Waals surface area contributed by atoms with Gasteiger partial charge in [-0.2, -0.15) is 0 Å². The van der Waals surface area contributed by atoms with Gasteiger partial charge >= 0.3 is 6.09 Å². The van der Waals surface area contributed by atoms with Gasteiger partial charge in [-0.3, -0.25) is 0 Å². The summed E-state index contributed by atoms with van der Waals surface area (Å²) in [5.41, 5.74) is 0.343. The first-order chi connectivity index (χ1) is 10.8. The van der Waals surface area contributed by atoms with Crippen LogP contribution in [0.15, 0.2) is 22.7 Å². The quantitative estimate of drug-likeness (QED) is 0.740. The SMILES string of the molecule is CC(C)(C)OC(=O)NC1CCCC1NCc1cccc(Br)c1O. The standard InChI is InChI=1S/C17H25BrN2O3/c1-17(2,3)23-16(22)20-14-9-5-8-13(14)19-10-11-6-4-7-12(18)15(11)21/h4,6-7,13-14,19,21H,5,8-10H2,1-3H3,(H,20,22). The number of halogens is 1. The van der Waals surface area contributed by atoms with Crippen molar-refractivity contribution < 1.29 is 14.6 Å². The van der Waals surface area contributed by atoms with Crippen molar-refractivity contribution in [2.45, 2.75) is 64.3 Å².